The summed E-state index contributed by atoms with van der Waals surface area (Å²) in [7, 11) is 0. The van der Waals surface area contributed by atoms with Gasteiger partial charge in [0.15, 0.2) is 0 Å². The first-order valence-corrected chi connectivity index (χ1v) is 11.4. The summed E-state index contributed by atoms with van der Waals surface area (Å²) in [5, 5.41) is 18.9. The molecule has 1 N–H and O–H groups in total. The van der Waals surface area contributed by atoms with Crippen molar-refractivity contribution in [2.75, 3.05) is 5.32 Å². The van der Waals surface area contributed by atoms with E-state index in [1.807, 2.05) is 41.8 Å². The van der Waals surface area contributed by atoms with Gasteiger partial charge in [-0.2, -0.15) is 4.68 Å². The van der Waals surface area contributed by atoms with E-state index in [2.05, 4.69) is 25.8 Å². The fourth-order valence-corrected chi connectivity index (χ4v) is 4.37. The van der Waals surface area contributed by atoms with Crippen LogP contribution in [0.4, 0.5) is 5.69 Å². The lowest BCUT2D eigenvalue weighted by atomic mass is 10.3. The average molecular weight is 473 g/mol. The molecule has 0 fully saturated rings. The number of carbonyl (C=O) groups is 1. The van der Waals surface area contributed by atoms with Crippen LogP contribution < -0.4 is 10.1 Å². The second-order valence-electron chi connectivity index (χ2n) is 6.37. The van der Waals surface area contributed by atoms with E-state index >= 15 is 0 Å². The van der Waals surface area contributed by atoms with Crippen molar-refractivity contribution < 1.29 is 9.53 Å². The summed E-state index contributed by atoms with van der Waals surface area (Å²) in [6.07, 6.45) is 0. The van der Waals surface area contributed by atoms with Gasteiger partial charge in [0.1, 0.15) is 17.4 Å². The number of halogens is 1. The minimum Gasteiger partial charge on any atom is -0.486 e. The Morgan fingerprint density at radius 2 is 2.10 bits per heavy atom. The Morgan fingerprint density at radius 1 is 1.26 bits per heavy atom. The summed E-state index contributed by atoms with van der Waals surface area (Å²) in [6, 6.07) is 14.6. The van der Waals surface area contributed by atoms with Crippen molar-refractivity contribution in [1.29, 1.82) is 0 Å². The number of amides is 1. The molecule has 0 atom stereocenters. The summed E-state index contributed by atoms with van der Waals surface area (Å²) >= 11 is 8.91. The zero-order valence-electron chi connectivity index (χ0n) is 16.4. The van der Waals surface area contributed by atoms with Crippen molar-refractivity contribution >= 4 is 46.3 Å². The maximum atomic E-state index is 11.3. The van der Waals surface area contributed by atoms with Gasteiger partial charge in [0.2, 0.25) is 11.1 Å². The molecular formula is C20H17ClN6O2S2. The van der Waals surface area contributed by atoms with Crippen LogP contribution in [0.1, 0.15) is 17.6 Å². The Balaban J connectivity index is 1.37. The number of nitrogens with one attached hydrogen (secondary N) is 1. The van der Waals surface area contributed by atoms with Gasteiger partial charge in [-0.1, -0.05) is 29.4 Å². The van der Waals surface area contributed by atoms with Crippen molar-refractivity contribution in [1.82, 2.24) is 25.2 Å². The predicted molar refractivity (Wildman–Crippen MR) is 121 cm³/mol. The summed E-state index contributed by atoms with van der Waals surface area (Å²) in [5.74, 6) is 1.22. The molecule has 11 heteroatoms. The van der Waals surface area contributed by atoms with Gasteiger partial charge in [-0.15, -0.1) is 16.4 Å². The SMILES string of the molecule is CC(=O)Nc1cccc(-n2nnnc2SCc2csc(COc3ccc(Cl)cc3)n2)c1. The minimum atomic E-state index is -0.136. The zero-order chi connectivity index (χ0) is 21.6. The van der Waals surface area contributed by atoms with E-state index in [0.717, 1.165) is 22.1 Å². The number of anilines is 1. The average Bonchev–Trinajstić information content (AvgIpc) is 3.41. The molecule has 0 unspecified atom stereocenters. The molecule has 4 rings (SSSR count). The fourth-order valence-electron chi connectivity index (χ4n) is 2.65. The highest BCUT2D eigenvalue weighted by atomic mass is 35.5. The smallest absolute Gasteiger partial charge is 0.221 e. The van der Waals surface area contributed by atoms with Crippen molar-refractivity contribution in [2.24, 2.45) is 0 Å². The number of benzene rings is 2. The first-order chi connectivity index (χ1) is 15.1. The van der Waals surface area contributed by atoms with Crippen LogP contribution in [-0.2, 0) is 17.2 Å². The number of ether oxygens (including phenoxy) is 1. The highest BCUT2D eigenvalue weighted by Gasteiger charge is 2.12. The van der Waals surface area contributed by atoms with Gasteiger partial charge in [-0.05, 0) is 52.9 Å². The quantitative estimate of drug-likeness (QED) is 0.374. The molecule has 4 aromatic rings. The lowest BCUT2D eigenvalue weighted by Gasteiger charge is -2.07. The van der Waals surface area contributed by atoms with Crippen LogP contribution in [-0.4, -0.2) is 31.1 Å². The first kappa shape index (κ1) is 21.3. The minimum absolute atomic E-state index is 0.136. The number of nitrogens with zero attached hydrogens (tertiary/aromatic N) is 5. The molecule has 0 saturated carbocycles. The van der Waals surface area contributed by atoms with Crippen LogP contribution in [0.25, 0.3) is 5.69 Å². The van der Waals surface area contributed by atoms with Crippen molar-refractivity contribution in [3.05, 3.63) is 69.6 Å². The maximum absolute atomic E-state index is 11.3. The van der Waals surface area contributed by atoms with E-state index in [1.165, 1.54) is 18.7 Å². The van der Waals surface area contributed by atoms with Gasteiger partial charge in [-0.25, -0.2) is 4.98 Å². The number of rotatable bonds is 8. The van der Waals surface area contributed by atoms with Crippen LogP contribution >= 0.6 is 34.7 Å². The fraction of sp³-hybridized carbons (Fsp3) is 0.150. The van der Waals surface area contributed by atoms with E-state index in [4.69, 9.17) is 16.3 Å². The van der Waals surface area contributed by atoms with Crippen molar-refractivity contribution in [2.45, 2.75) is 24.4 Å². The Hall–Kier alpha value is -2.95. The largest absolute Gasteiger partial charge is 0.486 e. The molecule has 31 heavy (non-hydrogen) atoms. The Morgan fingerprint density at radius 3 is 2.90 bits per heavy atom. The second-order valence-corrected chi connectivity index (χ2v) is 8.69. The molecule has 0 bridgehead atoms. The molecule has 2 aromatic carbocycles. The second kappa shape index (κ2) is 9.90. The summed E-state index contributed by atoms with van der Waals surface area (Å²) in [4.78, 5) is 15.9. The Labute approximate surface area is 191 Å². The molecule has 0 aliphatic heterocycles. The highest BCUT2D eigenvalue weighted by molar-refractivity contribution is 7.98. The van der Waals surface area contributed by atoms with Gasteiger partial charge < -0.3 is 10.1 Å². The number of tetrazole rings is 1. The lowest BCUT2D eigenvalue weighted by molar-refractivity contribution is -0.114. The molecule has 1 amide bonds. The first-order valence-electron chi connectivity index (χ1n) is 9.18. The van der Waals surface area contributed by atoms with Gasteiger partial charge in [-0.3, -0.25) is 4.79 Å². The predicted octanol–water partition coefficient (Wildman–Crippen LogP) is 4.60. The number of thiazole rings is 1. The van der Waals surface area contributed by atoms with Gasteiger partial charge >= 0.3 is 0 Å². The third-order valence-electron chi connectivity index (χ3n) is 3.98. The van der Waals surface area contributed by atoms with E-state index < -0.39 is 0 Å². The summed E-state index contributed by atoms with van der Waals surface area (Å²) in [6.45, 7) is 1.86. The number of hydrogen-bond donors (Lipinski definition) is 1. The normalized spacial score (nSPS) is 10.8. The topological polar surface area (TPSA) is 94.8 Å². The molecule has 2 aromatic heterocycles. The Bertz CT molecular complexity index is 1180. The Kier molecular flexibility index (Phi) is 6.80. The van der Waals surface area contributed by atoms with E-state index in [-0.39, 0.29) is 5.91 Å². The van der Waals surface area contributed by atoms with Gasteiger partial charge in [0.05, 0.1) is 11.4 Å². The zero-order valence-corrected chi connectivity index (χ0v) is 18.7. The van der Waals surface area contributed by atoms with Crippen LogP contribution in [0.5, 0.6) is 5.75 Å². The third-order valence-corrected chi connectivity index (χ3v) is 6.05. The number of aromatic nitrogens is 5. The molecule has 0 aliphatic carbocycles. The van der Waals surface area contributed by atoms with Crippen LogP contribution in [0.15, 0.2) is 59.1 Å². The maximum Gasteiger partial charge on any atom is 0.221 e. The van der Waals surface area contributed by atoms with Gasteiger partial charge in [0.25, 0.3) is 0 Å². The molecular weight excluding hydrogens is 456 g/mol. The molecule has 2 heterocycles. The molecule has 158 valence electrons. The standard InChI is InChI=1S/C20H17ClN6O2S2/c1-13(28)22-15-3-2-4-17(9-15)27-20(24-25-26-27)31-12-16-11-30-19(23-16)10-29-18-7-5-14(21)6-8-18/h2-9,11H,10,12H2,1H3,(H,22,28). The van der Waals surface area contributed by atoms with Crippen LogP contribution in [0.3, 0.4) is 0 Å². The van der Waals surface area contributed by atoms with E-state index in [0.29, 0.717) is 28.2 Å². The highest BCUT2D eigenvalue weighted by Crippen LogP contribution is 2.25. The van der Waals surface area contributed by atoms with E-state index in [9.17, 15) is 4.79 Å². The van der Waals surface area contributed by atoms with Crippen LogP contribution in [0.2, 0.25) is 5.02 Å². The molecule has 0 aliphatic rings. The van der Waals surface area contributed by atoms with Gasteiger partial charge in [0, 0.05) is 28.8 Å². The van der Waals surface area contributed by atoms with Crippen LogP contribution in [0, 0.1) is 0 Å². The number of hydrogen-bond acceptors (Lipinski definition) is 8. The summed E-state index contributed by atoms with van der Waals surface area (Å²) < 4.78 is 7.37. The monoisotopic (exact) mass is 472 g/mol. The number of carbonyl (C=O) groups excluding carboxylic acids is 1. The molecule has 0 radical (unpaired) electrons. The lowest BCUT2D eigenvalue weighted by Crippen LogP contribution is -2.07. The molecule has 0 saturated heterocycles. The summed E-state index contributed by atoms with van der Waals surface area (Å²) in [5.41, 5.74) is 2.36. The number of thioether (sulfide) groups is 1. The molecule has 0 spiro atoms. The molecule has 8 nitrogen and oxygen atoms in total. The van der Waals surface area contributed by atoms with Crippen molar-refractivity contribution in [3.63, 3.8) is 0 Å². The van der Waals surface area contributed by atoms with E-state index in [1.54, 1.807) is 28.2 Å². The third kappa shape index (κ3) is 5.81. The van der Waals surface area contributed by atoms with Crippen molar-refractivity contribution in [3.8, 4) is 11.4 Å².